The fourth-order valence-electron chi connectivity index (χ4n) is 3.42. The highest BCUT2D eigenvalue weighted by Gasteiger charge is 2.26. The van der Waals surface area contributed by atoms with Crippen LogP contribution in [0.3, 0.4) is 0 Å². The van der Waals surface area contributed by atoms with Gasteiger partial charge < -0.3 is 9.84 Å². The van der Waals surface area contributed by atoms with Crippen molar-refractivity contribution in [3.05, 3.63) is 65.5 Å². The van der Waals surface area contributed by atoms with Crippen LogP contribution in [0, 0.1) is 6.92 Å². The molecule has 0 saturated heterocycles. The van der Waals surface area contributed by atoms with Crippen molar-refractivity contribution in [2.45, 2.75) is 46.1 Å². The van der Waals surface area contributed by atoms with E-state index in [-0.39, 0.29) is 30.6 Å². The van der Waals surface area contributed by atoms with Crippen LogP contribution in [0.1, 0.15) is 49.6 Å². The number of rotatable bonds is 6. The molecule has 0 radical (unpaired) electrons. The standard InChI is InChI=1S/C24H25N5O3/c1-15(2)22-26-24(32-28-22)18-11-7-8-16(3)21(18)25-23(31)19-12-13-20(30)29(27-19)14-17-9-5-4-6-10-17/h4-11,15H,12-14H2,1-3H3,(H,25,31). The van der Waals surface area contributed by atoms with Crippen LogP contribution in [-0.4, -0.2) is 32.7 Å². The Morgan fingerprint density at radius 1 is 1.12 bits per heavy atom. The molecule has 2 aromatic carbocycles. The molecule has 32 heavy (non-hydrogen) atoms. The van der Waals surface area contributed by atoms with Crippen LogP contribution in [0.15, 0.2) is 58.2 Å². The van der Waals surface area contributed by atoms with E-state index < -0.39 is 0 Å². The lowest BCUT2D eigenvalue weighted by Crippen LogP contribution is -2.36. The van der Waals surface area contributed by atoms with Crippen LogP contribution in [0.4, 0.5) is 5.69 Å². The van der Waals surface area contributed by atoms with Gasteiger partial charge in [0.1, 0.15) is 5.71 Å². The number of nitrogens with zero attached hydrogens (tertiary/aromatic N) is 4. The van der Waals surface area contributed by atoms with E-state index in [4.69, 9.17) is 4.52 Å². The molecular weight excluding hydrogens is 406 g/mol. The van der Waals surface area contributed by atoms with Crippen LogP contribution in [-0.2, 0) is 16.1 Å². The number of carbonyl (C=O) groups is 2. The van der Waals surface area contributed by atoms with E-state index in [9.17, 15) is 9.59 Å². The third-order valence-corrected chi connectivity index (χ3v) is 5.24. The minimum Gasteiger partial charge on any atom is -0.334 e. The van der Waals surface area contributed by atoms with E-state index in [1.54, 1.807) is 0 Å². The molecule has 164 valence electrons. The van der Waals surface area contributed by atoms with E-state index in [1.165, 1.54) is 5.01 Å². The third-order valence-electron chi connectivity index (χ3n) is 5.24. The van der Waals surface area contributed by atoms with Crippen LogP contribution < -0.4 is 5.32 Å². The van der Waals surface area contributed by atoms with Gasteiger partial charge in [-0.1, -0.05) is 61.5 Å². The monoisotopic (exact) mass is 431 g/mol. The molecule has 1 aliphatic rings. The Balaban J connectivity index is 1.58. The Morgan fingerprint density at radius 2 is 1.91 bits per heavy atom. The first-order chi connectivity index (χ1) is 15.4. The second-order valence-electron chi connectivity index (χ2n) is 8.05. The molecule has 2 heterocycles. The minimum absolute atomic E-state index is 0.103. The lowest BCUT2D eigenvalue weighted by molar-refractivity contribution is -0.132. The molecule has 0 spiro atoms. The number of hydrogen-bond acceptors (Lipinski definition) is 6. The molecular formula is C24H25N5O3. The quantitative estimate of drug-likeness (QED) is 0.628. The number of carbonyl (C=O) groups excluding carboxylic acids is 2. The van der Waals surface area contributed by atoms with Gasteiger partial charge in [0.25, 0.3) is 11.8 Å². The smallest absolute Gasteiger partial charge is 0.271 e. The van der Waals surface area contributed by atoms with E-state index in [0.29, 0.717) is 35.2 Å². The zero-order valence-corrected chi connectivity index (χ0v) is 18.3. The number of amides is 2. The molecule has 8 heteroatoms. The molecule has 4 rings (SSSR count). The Morgan fingerprint density at radius 3 is 2.62 bits per heavy atom. The SMILES string of the molecule is Cc1cccc(-c2nc(C(C)C)no2)c1NC(=O)C1=NN(Cc2ccccc2)C(=O)CC1. The summed E-state index contributed by atoms with van der Waals surface area (Å²) < 4.78 is 5.44. The Bertz CT molecular complexity index is 1170. The lowest BCUT2D eigenvalue weighted by Gasteiger charge is -2.23. The number of hydrogen-bond donors (Lipinski definition) is 1. The number of nitrogens with one attached hydrogen (secondary N) is 1. The first-order valence-corrected chi connectivity index (χ1v) is 10.6. The molecule has 0 saturated carbocycles. The number of anilines is 1. The summed E-state index contributed by atoms with van der Waals surface area (Å²) in [5.41, 5.74) is 3.35. The van der Waals surface area contributed by atoms with Gasteiger partial charge in [0.05, 0.1) is 17.8 Å². The van der Waals surface area contributed by atoms with Crippen molar-refractivity contribution in [3.8, 4) is 11.5 Å². The van der Waals surface area contributed by atoms with Crippen molar-refractivity contribution in [2.24, 2.45) is 5.10 Å². The van der Waals surface area contributed by atoms with Gasteiger partial charge in [-0.25, -0.2) is 5.01 Å². The molecule has 8 nitrogen and oxygen atoms in total. The van der Waals surface area contributed by atoms with E-state index in [1.807, 2.05) is 69.3 Å². The fourth-order valence-corrected chi connectivity index (χ4v) is 3.42. The Hall–Kier alpha value is -3.81. The second-order valence-corrected chi connectivity index (χ2v) is 8.05. The first-order valence-electron chi connectivity index (χ1n) is 10.6. The summed E-state index contributed by atoms with van der Waals surface area (Å²) in [6.07, 6.45) is 0.524. The number of hydrazone groups is 1. The van der Waals surface area contributed by atoms with Crippen LogP contribution >= 0.6 is 0 Å². The van der Waals surface area contributed by atoms with E-state index in [0.717, 1.165) is 11.1 Å². The van der Waals surface area contributed by atoms with Crippen molar-refractivity contribution in [1.29, 1.82) is 0 Å². The maximum atomic E-state index is 13.1. The predicted molar refractivity (Wildman–Crippen MR) is 121 cm³/mol. The first kappa shape index (κ1) is 21.4. The summed E-state index contributed by atoms with van der Waals surface area (Å²) in [7, 11) is 0. The summed E-state index contributed by atoms with van der Waals surface area (Å²) in [6, 6.07) is 15.2. The van der Waals surface area contributed by atoms with E-state index >= 15 is 0 Å². The normalized spacial score (nSPS) is 13.9. The van der Waals surface area contributed by atoms with Crippen molar-refractivity contribution < 1.29 is 14.1 Å². The highest BCUT2D eigenvalue weighted by molar-refractivity contribution is 6.43. The van der Waals surface area contributed by atoms with Crippen LogP contribution in [0.2, 0.25) is 0 Å². The maximum Gasteiger partial charge on any atom is 0.271 e. The lowest BCUT2D eigenvalue weighted by atomic mass is 10.1. The summed E-state index contributed by atoms with van der Waals surface area (Å²) >= 11 is 0. The van der Waals surface area contributed by atoms with Crippen molar-refractivity contribution in [2.75, 3.05) is 5.32 Å². The highest BCUT2D eigenvalue weighted by Crippen LogP contribution is 2.31. The predicted octanol–water partition coefficient (Wildman–Crippen LogP) is 4.29. The zero-order valence-electron chi connectivity index (χ0n) is 18.3. The topological polar surface area (TPSA) is 101 Å². The summed E-state index contributed by atoms with van der Waals surface area (Å²) in [5, 5.41) is 12.7. The van der Waals surface area contributed by atoms with Gasteiger partial charge in [0.2, 0.25) is 5.91 Å². The molecule has 1 aliphatic heterocycles. The maximum absolute atomic E-state index is 13.1. The van der Waals surface area contributed by atoms with Gasteiger partial charge in [-0.15, -0.1) is 0 Å². The number of aromatic nitrogens is 2. The van der Waals surface area contributed by atoms with Gasteiger partial charge >= 0.3 is 0 Å². The summed E-state index contributed by atoms with van der Waals surface area (Å²) in [5.74, 6) is 0.619. The van der Waals surface area contributed by atoms with Crippen molar-refractivity contribution in [3.63, 3.8) is 0 Å². The van der Waals surface area contributed by atoms with Gasteiger partial charge in [0.15, 0.2) is 5.82 Å². The molecule has 2 amide bonds. The Kier molecular flexibility index (Phi) is 6.11. The van der Waals surface area contributed by atoms with Gasteiger partial charge in [-0.05, 0) is 24.1 Å². The average molecular weight is 431 g/mol. The average Bonchev–Trinajstić information content (AvgIpc) is 3.28. The molecule has 1 N–H and O–H groups in total. The van der Waals surface area contributed by atoms with Gasteiger partial charge in [-0.2, -0.15) is 10.1 Å². The molecule has 3 aromatic rings. The molecule has 0 atom stereocenters. The summed E-state index contributed by atoms with van der Waals surface area (Å²) in [6.45, 7) is 6.19. The molecule has 0 bridgehead atoms. The molecule has 0 unspecified atom stereocenters. The molecule has 1 aromatic heterocycles. The van der Waals surface area contributed by atoms with Crippen molar-refractivity contribution >= 4 is 23.2 Å². The number of aryl methyl sites for hydroxylation is 1. The van der Waals surface area contributed by atoms with Crippen LogP contribution in [0.5, 0.6) is 0 Å². The number of benzene rings is 2. The summed E-state index contributed by atoms with van der Waals surface area (Å²) in [4.78, 5) is 29.9. The second kappa shape index (κ2) is 9.13. The highest BCUT2D eigenvalue weighted by atomic mass is 16.5. The van der Waals surface area contributed by atoms with Gasteiger partial charge in [0, 0.05) is 18.8 Å². The fraction of sp³-hybridized carbons (Fsp3) is 0.292. The Labute approximate surface area is 186 Å². The van der Waals surface area contributed by atoms with E-state index in [2.05, 4.69) is 20.6 Å². The third kappa shape index (κ3) is 4.59. The largest absolute Gasteiger partial charge is 0.334 e. The molecule has 0 fully saturated rings. The molecule has 0 aliphatic carbocycles. The minimum atomic E-state index is -0.352. The van der Waals surface area contributed by atoms with Gasteiger partial charge in [-0.3, -0.25) is 9.59 Å². The zero-order chi connectivity index (χ0) is 22.7. The van der Waals surface area contributed by atoms with Crippen LogP contribution in [0.25, 0.3) is 11.5 Å². The number of para-hydroxylation sites is 1. The van der Waals surface area contributed by atoms with Crippen molar-refractivity contribution in [1.82, 2.24) is 15.1 Å².